The molecule has 0 amide bonds. The maximum atomic E-state index is 11.3. The Bertz CT molecular complexity index is 443. The van der Waals surface area contributed by atoms with Gasteiger partial charge < -0.3 is 4.74 Å². The summed E-state index contributed by atoms with van der Waals surface area (Å²) in [4.78, 5) is 11.3. The van der Waals surface area contributed by atoms with Crippen LogP contribution in [0.4, 0.5) is 0 Å². The number of carbonyl (C=O) groups excluding carboxylic acids is 1. The first-order chi connectivity index (χ1) is 8.78. The Morgan fingerprint density at radius 3 is 2.42 bits per heavy atom. The molecule has 0 radical (unpaired) electrons. The summed E-state index contributed by atoms with van der Waals surface area (Å²) >= 11 is 0. The molecule has 0 spiro atoms. The van der Waals surface area contributed by atoms with E-state index in [4.69, 9.17) is 15.3 Å². The van der Waals surface area contributed by atoms with Crippen LogP contribution in [-0.2, 0) is 9.53 Å². The third-order valence-electron chi connectivity index (χ3n) is 2.21. The Balaban J connectivity index is 4.57. The van der Waals surface area contributed by atoms with Gasteiger partial charge in [0.05, 0.1) is 12.1 Å². The van der Waals surface area contributed by atoms with Crippen molar-refractivity contribution in [2.75, 3.05) is 6.61 Å². The van der Waals surface area contributed by atoms with E-state index in [1.807, 2.05) is 12.1 Å². The van der Waals surface area contributed by atoms with Crippen molar-refractivity contribution in [3.63, 3.8) is 0 Å². The van der Waals surface area contributed by atoms with Crippen LogP contribution < -0.4 is 0 Å². The van der Waals surface area contributed by atoms with E-state index in [9.17, 15) is 4.79 Å². The average molecular weight is 262 g/mol. The zero-order valence-electron chi connectivity index (χ0n) is 11.5. The summed E-state index contributed by atoms with van der Waals surface area (Å²) in [5, 5.41) is 25.6. The monoisotopic (exact) mass is 262 g/mol. The van der Waals surface area contributed by atoms with Crippen LogP contribution in [0.1, 0.15) is 33.6 Å². The normalized spacial score (nSPS) is 14.2. The van der Waals surface area contributed by atoms with E-state index in [2.05, 4.69) is 16.8 Å². The maximum Gasteiger partial charge on any atom is 0.306 e. The highest BCUT2D eigenvalue weighted by Gasteiger charge is 2.26. The molecule has 6 heteroatoms. The van der Waals surface area contributed by atoms with Crippen molar-refractivity contribution in [1.29, 1.82) is 10.5 Å². The molecular formula is C13H18N4O2. The summed E-state index contributed by atoms with van der Waals surface area (Å²) in [6.07, 6.45) is 1.71. The largest absolute Gasteiger partial charge is 0.461 e. The first kappa shape index (κ1) is 16.8. The fourth-order valence-electron chi connectivity index (χ4n) is 0.955. The van der Waals surface area contributed by atoms with E-state index in [0.717, 1.165) is 0 Å². The predicted octanol–water partition coefficient (Wildman–Crippen LogP) is 2.53. The third-order valence-corrected chi connectivity index (χ3v) is 2.21. The Kier molecular flexibility index (Phi) is 6.43. The number of nitriles is 2. The van der Waals surface area contributed by atoms with Crippen LogP contribution in [0.15, 0.2) is 22.9 Å². The second-order valence-electron chi connectivity index (χ2n) is 4.73. The molecule has 0 saturated heterocycles. The average Bonchev–Trinajstić information content (AvgIpc) is 2.40. The Morgan fingerprint density at radius 2 is 1.95 bits per heavy atom. The fraction of sp³-hybridized carbons (Fsp3) is 0.615. The molecule has 0 aliphatic carbocycles. The summed E-state index contributed by atoms with van der Waals surface area (Å²) in [7, 11) is 0. The minimum atomic E-state index is -1.14. The number of azo groups is 1. The molecular weight excluding hydrogens is 244 g/mol. The smallest absolute Gasteiger partial charge is 0.306 e. The van der Waals surface area contributed by atoms with Gasteiger partial charge in [0, 0.05) is 6.42 Å². The molecule has 19 heavy (non-hydrogen) atoms. The van der Waals surface area contributed by atoms with Gasteiger partial charge in [0.15, 0.2) is 11.1 Å². The van der Waals surface area contributed by atoms with Gasteiger partial charge in [0.2, 0.25) is 0 Å². The van der Waals surface area contributed by atoms with Gasteiger partial charge in [0.1, 0.15) is 6.61 Å². The van der Waals surface area contributed by atoms with Crippen LogP contribution in [-0.4, -0.2) is 23.7 Å². The van der Waals surface area contributed by atoms with E-state index in [1.54, 1.807) is 20.8 Å². The predicted molar refractivity (Wildman–Crippen MR) is 69.0 cm³/mol. The molecule has 0 saturated carbocycles. The maximum absolute atomic E-state index is 11.3. The summed E-state index contributed by atoms with van der Waals surface area (Å²) in [6, 6.07) is 3.95. The van der Waals surface area contributed by atoms with E-state index in [1.165, 1.54) is 6.08 Å². The molecule has 0 fully saturated rings. The molecule has 0 heterocycles. The van der Waals surface area contributed by atoms with Crippen LogP contribution in [0.25, 0.3) is 0 Å². The van der Waals surface area contributed by atoms with Crippen molar-refractivity contribution in [3.8, 4) is 12.1 Å². The second-order valence-corrected chi connectivity index (χ2v) is 4.73. The van der Waals surface area contributed by atoms with Gasteiger partial charge in [-0.3, -0.25) is 4.79 Å². The van der Waals surface area contributed by atoms with Crippen LogP contribution >= 0.6 is 0 Å². The van der Waals surface area contributed by atoms with Crippen LogP contribution in [0.3, 0.4) is 0 Å². The number of ether oxygens (including phenoxy) is 1. The lowest BCUT2D eigenvalue weighted by molar-refractivity contribution is -0.142. The molecule has 102 valence electrons. The zero-order chi connectivity index (χ0) is 14.9. The zero-order valence-corrected chi connectivity index (χ0v) is 11.5. The Hall–Kier alpha value is -2.21. The lowest BCUT2D eigenvalue weighted by Gasteiger charge is -2.16. The van der Waals surface area contributed by atoms with Crippen molar-refractivity contribution >= 4 is 5.97 Å². The van der Waals surface area contributed by atoms with E-state index in [0.29, 0.717) is 0 Å². The lowest BCUT2D eigenvalue weighted by Crippen LogP contribution is -2.23. The summed E-state index contributed by atoms with van der Waals surface area (Å²) in [5.74, 6) is -0.420. The molecule has 6 nitrogen and oxygen atoms in total. The van der Waals surface area contributed by atoms with Gasteiger partial charge in [-0.2, -0.15) is 20.8 Å². The number of hydrogen-bond donors (Lipinski definition) is 0. The molecule has 0 N–H and O–H groups in total. The van der Waals surface area contributed by atoms with Crippen LogP contribution in [0.2, 0.25) is 0 Å². The minimum absolute atomic E-state index is 0.0594. The van der Waals surface area contributed by atoms with Gasteiger partial charge >= 0.3 is 5.97 Å². The van der Waals surface area contributed by atoms with Gasteiger partial charge in [-0.15, -0.1) is 0 Å². The van der Waals surface area contributed by atoms with Gasteiger partial charge in [-0.25, -0.2) is 0 Å². The first-order valence-electron chi connectivity index (χ1n) is 5.81. The summed E-state index contributed by atoms with van der Waals surface area (Å²) < 4.78 is 4.81. The van der Waals surface area contributed by atoms with E-state index < -0.39 is 17.0 Å². The Labute approximate surface area is 113 Å². The van der Waals surface area contributed by atoms with Gasteiger partial charge in [-0.05, 0) is 27.2 Å². The summed E-state index contributed by atoms with van der Waals surface area (Å²) in [6.45, 7) is 8.31. The molecule has 0 aliphatic heterocycles. The molecule has 0 rings (SSSR count). The standard InChI is InChI=1S/C13H18N4O2/c1-5-8-19-11(18)6-7-13(4,10-15)17-16-12(2,3)9-14/h5H,1,6-8H2,2-4H3. The Morgan fingerprint density at radius 1 is 1.32 bits per heavy atom. The van der Waals surface area contributed by atoms with E-state index >= 15 is 0 Å². The number of carbonyl (C=O) groups is 1. The molecule has 0 bridgehead atoms. The molecule has 1 atom stereocenters. The van der Waals surface area contributed by atoms with Crippen molar-refractivity contribution in [2.45, 2.75) is 44.7 Å². The minimum Gasteiger partial charge on any atom is -0.461 e. The molecule has 1 unspecified atom stereocenters. The highest BCUT2D eigenvalue weighted by Crippen LogP contribution is 2.20. The van der Waals surface area contributed by atoms with Crippen molar-refractivity contribution in [2.24, 2.45) is 10.2 Å². The number of nitrogens with zero attached hydrogens (tertiary/aromatic N) is 4. The lowest BCUT2D eigenvalue weighted by atomic mass is 9.99. The molecule has 0 aliphatic rings. The number of rotatable bonds is 7. The highest BCUT2D eigenvalue weighted by atomic mass is 16.5. The van der Waals surface area contributed by atoms with Crippen LogP contribution in [0.5, 0.6) is 0 Å². The van der Waals surface area contributed by atoms with Crippen molar-refractivity contribution < 1.29 is 9.53 Å². The van der Waals surface area contributed by atoms with Crippen LogP contribution in [0, 0.1) is 22.7 Å². The number of hydrogen-bond acceptors (Lipinski definition) is 6. The third kappa shape index (κ3) is 6.95. The second kappa shape index (κ2) is 7.27. The van der Waals surface area contributed by atoms with Crippen molar-refractivity contribution in [1.82, 2.24) is 0 Å². The highest BCUT2D eigenvalue weighted by molar-refractivity contribution is 5.69. The molecule has 0 aromatic carbocycles. The number of esters is 1. The van der Waals surface area contributed by atoms with E-state index in [-0.39, 0.29) is 19.4 Å². The SMILES string of the molecule is C=CCOC(=O)CCC(C)(C#N)N=NC(C)(C)C#N. The van der Waals surface area contributed by atoms with Gasteiger partial charge in [0.25, 0.3) is 0 Å². The van der Waals surface area contributed by atoms with Crippen molar-refractivity contribution in [3.05, 3.63) is 12.7 Å². The summed E-state index contributed by atoms with van der Waals surface area (Å²) in [5.41, 5.74) is -2.12. The quantitative estimate of drug-likeness (QED) is 0.400. The topological polar surface area (TPSA) is 98.6 Å². The molecule has 0 aromatic rings. The first-order valence-corrected chi connectivity index (χ1v) is 5.81. The molecule has 0 aromatic heterocycles. The fourth-order valence-corrected chi connectivity index (χ4v) is 0.955. The van der Waals surface area contributed by atoms with Gasteiger partial charge in [-0.1, -0.05) is 12.7 Å².